The molecule has 0 fully saturated rings. The average molecular weight is 271 g/mol. The van der Waals surface area contributed by atoms with Crippen molar-refractivity contribution < 1.29 is 40.8 Å². The molecule has 1 aromatic heterocycles. The van der Waals surface area contributed by atoms with Crippen molar-refractivity contribution in [1.82, 2.24) is 0 Å². The third-order valence-electron chi connectivity index (χ3n) is 1.83. The van der Waals surface area contributed by atoms with Crippen LogP contribution in [-0.4, -0.2) is 26.1 Å². The number of rotatable bonds is 3. The Balaban J connectivity index is 2.96. The van der Waals surface area contributed by atoms with E-state index in [0.717, 1.165) is 19.4 Å². The number of pyridine rings is 1. The molecule has 0 saturated carbocycles. The molecule has 1 heterocycles. The maximum atomic E-state index is 12.6. The van der Waals surface area contributed by atoms with E-state index in [4.69, 9.17) is 0 Å². The van der Waals surface area contributed by atoms with Crippen molar-refractivity contribution in [2.45, 2.75) is 6.08 Å². The van der Waals surface area contributed by atoms with Gasteiger partial charge in [0.05, 0.1) is 7.11 Å². The van der Waals surface area contributed by atoms with Crippen LogP contribution in [-0.2, 0) is 4.74 Å². The highest BCUT2D eigenvalue weighted by atomic mass is 19.4. The number of ether oxygens (including phenoxy) is 1. The lowest BCUT2D eigenvalue weighted by Gasteiger charge is -2.22. The van der Waals surface area contributed by atoms with E-state index in [1.807, 2.05) is 0 Å². The van der Waals surface area contributed by atoms with Crippen molar-refractivity contribution in [3.05, 3.63) is 30.1 Å². The zero-order valence-corrected chi connectivity index (χ0v) is 8.95. The molecule has 1 rings (SSSR count). The van der Waals surface area contributed by atoms with Crippen LogP contribution < -0.4 is 9.49 Å². The van der Waals surface area contributed by atoms with E-state index in [-0.39, 0.29) is 10.3 Å². The van der Waals surface area contributed by atoms with Gasteiger partial charge in [-0.2, -0.15) is 0 Å². The molecule has 0 N–H and O–H groups in total. The summed E-state index contributed by atoms with van der Waals surface area (Å²) in [6, 6.07) is 2.24. The number of alkyl halides is 3. The molecule has 0 aliphatic carbocycles. The van der Waals surface area contributed by atoms with Crippen LogP contribution in [0.4, 0.5) is 21.8 Å². The monoisotopic (exact) mass is 271 g/mol. The zero-order chi connectivity index (χ0) is 14.0. The predicted molar refractivity (Wildman–Crippen MR) is 48.6 cm³/mol. The summed E-state index contributed by atoms with van der Waals surface area (Å²) in [6.45, 7) is -6.06. The first kappa shape index (κ1) is 14.2. The highest BCUT2D eigenvalue weighted by molar-refractivity contribution is 6.61. The van der Waals surface area contributed by atoms with Gasteiger partial charge in [-0.05, 0) is 10.8 Å². The fraction of sp³-hybridized carbons (Fsp3) is 0.250. The molecular weight excluding hydrogens is 264 g/mol. The molecule has 1 aromatic rings. The Labute approximate surface area is 97.9 Å². The normalized spacial score (nSPS) is 12.1. The zero-order valence-electron chi connectivity index (χ0n) is 8.95. The molecule has 0 radical (unpaired) electrons. The predicted octanol–water partition coefficient (Wildman–Crippen LogP) is 1.17. The van der Waals surface area contributed by atoms with E-state index in [0.29, 0.717) is 6.20 Å². The minimum Gasteiger partial charge on any atom is -0.465 e. The van der Waals surface area contributed by atoms with Gasteiger partial charge in [0.15, 0.2) is 0 Å². The van der Waals surface area contributed by atoms with Crippen molar-refractivity contribution in [1.29, 1.82) is 0 Å². The minimum absolute atomic E-state index is 0.111. The Morgan fingerprint density at radius 3 is 2.50 bits per heavy atom. The van der Waals surface area contributed by atoms with Crippen molar-refractivity contribution in [3.8, 4) is 0 Å². The van der Waals surface area contributed by atoms with Gasteiger partial charge in [-0.1, -0.05) is 0 Å². The van der Waals surface area contributed by atoms with E-state index in [2.05, 4.69) is 9.49 Å². The summed E-state index contributed by atoms with van der Waals surface area (Å²) in [6.07, 6.45) is -4.34. The second-order valence-corrected chi connectivity index (χ2v) is 3.19. The highest BCUT2D eigenvalue weighted by Crippen LogP contribution is 2.28. The number of carbonyl (C=O) groups is 1. The lowest BCUT2D eigenvalue weighted by atomic mass is 9.87. The molecule has 10 heteroatoms. The smallest absolute Gasteiger partial charge is 0.465 e. The van der Waals surface area contributed by atoms with E-state index in [1.54, 1.807) is 0 Å². The van der Waals surface area contributed by atoms with Crippen molar-refractivity contribution in [2.24, 2.45) is 0 Å². The molecule has 0 saturated heterocycles. The van der Waals surface area contributed by atoms with Gasteiger partial charge in [-0.15, -0.1) is 0 Å². The van der Waals surface area contributed by atoms with Gasteiger partial charge in [0.2, 0.25) is 12.4 Å². The van der Waals surface area contributed by atoms with Crippen LogP contribution >= 0.6 is 0 Å². The second kappa shape index (κ2) is 4.79. The molecule has 100 valence electrons. The molecule has 0 amide bonds. The third kappa shape index (κ3) is 3.08. The molecule has 0 spiro atoms. The highest BCUT2D eigenvalue weighted by Gasteiger charge is 2.60. The Morgan fingerprint density at radius 2 is 2.00 bits per heavy atom. The fourth-order valence-corrected chi connectivity index (χ4v) is 0.971. The van der Waals surface area contributed by atoms with Crippen molar-refractivity contribution >= 4 is 12.9 Å². The average Bonchev–Trinajstić information content (AvgIpc) is 2.26. The summed E-state index contributed by atoms with van der Waals surface area (Å²) >= 11 is 0. The number of esters is 1. The summed E-state index contributed by atoms with van der Waals surface area (Å²) in [4.78, 5) is 11.0. The summed E-state index contributed by atoms with van der Waals surface area (Å²) in [5.74, 6) is -0.893. The molecule has 0 atom stereocenters. The Hall–Kier alpha value is -1.87. The lowest BCUT2D eigenvalue weighted by Crippen LogP contribution is -2.62. The Morgan fingerprint density at radius 1 is 1.39 bits per heavy atom. The largest absolute Gasteiger partial charge is 0.658 e. The first-order valence-corrected chi connectivity index (χ1v) is 4.54. The first-order valence-electron chi connectivity index (χ1n) is 4.54. The first-order chi connectivity index (χ1) is 8.17. The number of hydrogen-bond donors (Lipinski definition) is 0. The molecule has 0 aromatic carbocycles. The summed E-state index contributed by atoms with van der Waals surface area (Å²) in [5.41, 5.74) is -0.228. The molecule has 18 heavy (non-hydrogen) atoms. The van der Waals surface area contributed by atoms with Gasteiger partial charge in [0, 0.05) is 6.07 Å². The van der Waals surface area contributed by atoms with Gasteiger partial charge in [0.1, 0.15) is 5.56 Å². The number of aromatic nitrogens is 1. The van der Waals surface area contributed by atoms with Gasteiger partial charge in [0.25, 0.3) is 0 Å². The summed E-state index contributed by atoms with van der Waals surface area (Å²) in [5, 5.41) is 0. The Bertz CT molecular complexity index is 451. The number of methoxy groups -OCH3 is 1. The second-order valence-electron chi connectivity index (χ2n) is 3.19. The van der Waals surface area contributed by atoms with Crippen LogP contribution in [0.25, 0.3) is 0 Å². The molecular formula is C8H7BF5NO3. The summed E-state index contributed by atoms with van der Waals surface area (Å²) < 4.78 is 68.8. The van der Waals surface area contributed by atoms with Crippen LogP contribution in [0.5, 0.6) is 0 Å². The van der Waals surface area contributed by atoms with Gasteiger partial charge in [-0.3, -0.25) is 0 Å². The van der Waals surface area contributed by atoms with E-state index in [9.17, 15) is 26.6 Å². The topological polar surface area (TPSA) is 39.4 Å². The summed E-state index contributed by atoms with van der Waals surface area (Å²) in [7, 11) is 1.04. The SMILES string of the molecule is COC(=O)c1ccc[n+](O[B-](F)(F)C(F)(F)F)c1. The maximum absolute atomic E-state index is 12.6. The minimum atomic E-state index is -6.06. The van der Waals surface area contributed by atoms with E-state index >= 15 is 0 Å². The molecule has 0 bridgehead atoms. The van der Waals surface area contributed by atoms with Crippen LogP contribution in [0.3, 0.4) is 0 Å². The number of carbonyl (C=O) groups excluding carboxylic acids is 1. The standard InChI is InChI=1S/C8H7BF5NO3/c1-17-7(16)6-3-2-4-15(5-6)18-9(13,14)8(10,11)12/h2-5H,1H3. The fourth-order valence-electron chi connectivity index (χ4n) is 0.971. The molecule has 0 unspecified atom stereocenters. The number of halogens is 5. The van der Waals surface area contributed by atoms with Gasteiger partial charge in [-0.25, -0.2) is 18.0 Å². The van der Waals surface area contributed by atoms with Crippen molar-refractivity contribution in [2.75, 3.05) is 7.11 Å². The number of hydrogen-bond acceptors (Lipinski definition) is 3. The molecule has 4 nitrogen and oxygen atoms in total. The quantitative estimate of drug-likeness (QED) is 0.358. The third-order valence-corrected chi connectivity index (χ3v) is 1.83. The lowest BCUT2D eigenvalue weighted by molar-refractivity contribution is -0.868. The maximum Gasteiger partial charge on any atom is 0.658 e. The van der Waals surface area contributed by atoms with Crippen LogP contribution in [0, 0.1) is 0 Å². The van der Waals surface area contributed by atoms with E-state index < -0.39 is 18.9 Å². The molecule has 0 aliphatic heterocycles. The van der Waals surface area contributed by atoms with Crippen LogP contribution in [0.2, 0.25) is 0 Å². The van der Waals surface area contributed by atoms with Crippen molar-refractivity contribution in [3.63, 3.8) is 0 Å². The van der Waals surface area contributed by atoms with Gasteiger partial charge >= 0.3 is 18.9 Å². The van der Waals surface area contributed by atoms with Gasteiger partial charge < -0.3 is 18.1 Å². The Kier molecular flexibility index (Phi) is 3.78. The van der Waals surface area contributed by atoms with E-state index in [1.165, 1.54) is 6.07 Å². The number of nitrogens with zero attached hydrogens (tertiary/aromatic N) is 1. The van der Waals surface area contributed by atoms with Crippen LogP contribution in [0.1, 0.15) is 10.4 Å². The molecule has 0 aliphatic rings. The van der Waals surface area contributed by atoms with Crippen LogP contribution in [0.15, 0.2) is 24.5 Å².